The highest BCUT2D eigenvalue weighted by Gasteiger charge is 2.23. The molecule has 0 aliphatic rings. The Morgan fingerprint density at radius 1 is 0.317 bits per heavy atom. The van der Waals surface area contributed by atoms with Crippen LogP contribution in [0.25, 0.3) is 97.7 Å². The largest absolute Gasteiger partial charge is 0.456 e. The van der Waals surface area contributed by atoms with Crippen molar-refractivity contribution in [2.75, 3.05) is 4.90 Å². The number of benzene rings is 10. The van der Waals surface area contributed by atoms with E-state index in [-0.39, 0.29) is 0 Å². The molecule has 0 unspecified atom stereocenters. The summed E-state index contributed by atoms with van der Waals surface area (Å²) in [5.74, 6) is 0. The molecular weight excluding hydrogens is 783 g/mol. The van der Waals surface area contributed by atoms with Crippen LogP contribution in [0.5, 0.6) is 0 Å². The van der Waals surface area contributed by atoms with E-state index in [1.54, 1.807) is 0 Å². The number of furan rings is 1. The Bertz CT molecular complexity index is 3600. The number of anilines is 3. The molecule has 0 amide bonds. The normalized spacial score (nSPS) is 11.5. The van der Waals surface area contributed by atoms with E-state index in [1.165, 1.54) is 64.7 Å². The summed E-state index contributed by atoms with van der Waals surface area (Å²) in [6, 6.07) is 85.5. The van der Waals surface area contributed by atoms with Crippen molar-refractivity contribution in [3.63, 3.8) is 0 Å². The van der Waals surface area contributed by atoms with Crippen LogP contribution in [0.2, 0.25) is 0 Å². The van der Waals surface area contributed by atoms with Crippen LogP contribution in [0.4, 0.5) is 17.1 Å². The molecule has 0 atom stereocenters. The van der Waals surface area contributed by atoms with Gasteiger partial charge in [-0.3, -0.25) is 0 Å². The smallest absolute Gasteiger partial charge is 0.135 e. The maximum Gasteiger partial charge on any atom is 0.135 e. The lowest BCUT2D eigenvalue weighted by atomic mass is 9.87. The van der Waals surface area contributed by atoms with Crippen molar-refractivity contribution in [1.29, 1.82) is 0 Å². The van der Waals surface area contributed by atoms with Gasteiger partial charge in [0.15, 0.2) is 0 Å². The summed E-state index contributed by atoms with van der Waals surface area (Å²) < 4.78 is 8.80. The first-order chi connectivity index (χ1) is 31.2. The third-order valence-corrected chi connectivity index (χ3v) is 13.5. The van der Waals surface area contributed by atoms with Crippen LogP contribution in [0, 0.1) is 0 Å². The molecule has 12 rings (SSSR count). The lowest BCUT2D eigenvalue weighted by Gasteiger charge is -2.30. The zero-order chi connectivity index (χ0) is 41.7. The minimum absolute atomic E-state index is 0.899. The highest BCUT2D eigenvalue weighted by atomic mass is 32.1. The molecule has 63 heavy (non-hydrogen) atoms. The van der Waals surface area contributed by atoms with Crippen molar-refractivity contribution in [2.45, 2.75) is 0 Å². The number of para-hydroxylation sites is 1. The topological polar surface area (TPSA) is 16.4 Å². The number of thiophene rings is 1. The lowest BCUT2D eigenvalue weighted by Crippen LogP contribution is -2.12. The molecule has 0 aliphatic carbocycles. The molecule has 12 aromatic rings. The lowest BCUT2D eigenvalue weighted by molar-refractivity contribution is 0.669. The summed E-state index contributed by atoms with van der Waals surface area (Å²) in [6.45, 7) is 0. The van der Waals surface area contributed by atoms with E-state index in [0.29, 0.717) is 0 Å². The highest BCUT2D eigenvalue weighted by Crippen LogP contribution is 2.49. The molecule has 0 fully saturated rings. The number of hydrogen-bond donors (Lipinski definition) is 0. The Kier molecular flexibility index (Phi) is 9.06. The van der Waals surface area contributed by atoms with Crippen molar-refractivity contribution in [3.05, 3.63) is 237 Å². The van der Waals surface area contributed by atoms with Crippen LogP contribution in [0.3, 0.4) is 0 Å². The second-order valence-corrected chi connectivity index (χ2v) is 17.1. The molecule has 296 valence electrons. The van der Waals surface area contributed by atoms with Gasteiger partial charge >= 0.3 is 0 Å². The quantitative estimate of drug-likeness (QED) is 0.152. The van der Waals surface area contributed by atoms with Crippen LogP contribution < -0.4 is 4.90 Å². The van der Waals surface area contributed by atoms with Gasteiger partial charge in [-0.1, -0.05) is 176 Å². The van der Waals surface area contributed by atoms with Gasteiger partial charge in [-0.25, -0.2) is 0 Å². The minimum atomic E-state index is 0.899. The predicted molar refractivity (Wildman–Crippen MR) is 268 cm³/mol. The first kappa shape index (κ1) is 36.8. The summed E-state index contributed by atoms with van der Waals surface area (Å²) in [5, 5.41) is 4.87. The first-order valence-corrected chi connectivity index (χ1v) is 22.2. The zero-order valence-electron chi connectivity index (χ0n) is 34.3. The molecule has 0 bridgehead atoms. The predicted octanol–water partition coefficient (Wildman–Crippen LogP) is 17.8. The third-order valence-electron chi connectivity index (χ3n) is 12.3. The maximum absolute atomic E-state index is 6.18. The number of nitrogens with zero attached hydrogens (tertiary/aromatic N) is 1. The fraction of sp³-hybridized carbons (Fsp3) is 0. The van der Waals surface area contributed by atoms with Gasteiger partial charge in [0.05, 0.1) is 5.69 Å². The van der Waals surface area contributed by atoms with E-state index in [9.17, 15) is 0 Å². The van der Waals surface area contributed by atoms with Gasteiger partial charge in [-0.2, -0.15) is 0 Å². The van der Waals surface area contributed by atoms with E-state index in [2.05, 4.69) is 229 Å². The molecule has 0 spiro atoms. The molecule has 2 aromatic heterocycles. The van der Waals surface area contributed by atoms with E-state index < -0.39 is 0 Å². The first-order valence-electron chi connectivity index (χ1n) is 21.4. The fourth-order valence-electron chi connectivity index (χ4n) is 9.38. The van der Waals surface area contributed by atoms with Crippen LogP contribution in [0.1, 0.15) is 0 Å². The van der Waals surface area contributed by atoms with E-state index in [1.807, 2.05) is 23.5 Å². The van der Waals surface area contributed by atoms with Gasteiger partial charge in [-0.15, -0.1) is 11.3 Å². The van der Waals surface area contributed by atoms with Gasteiger partial charge < -0.3 is 9.32 Å². The molecule has 2 nitrogen and oxygen atoms in total. The van der Waals surface area contributed by atoms with Crippen molar-refractivity contribution in [2.24, 2.45) is 0 Å². The molecular formula is C60H39NOS. The van der Waals surface area contributed by atoms with Crippen LogP contribution in [-0.4, -0.2) is 0 Å². The molecule has 0 N–H and O–H groups in total. The van der Waals surface area contributed by atoms with Crippen molar-refractivity contribution >= 4 is 70.5 Å². The number of rotatable bonds is 8. The third kappa shape index (κ3) is 6.50. The standard InChI is InChI=1S/C60H39NOS/c1-3-15-41(16-4-1)47-19-7-8-21-51(47)59-48(42-17-5-2-6-18-42)23-13-25-54(59)61(45-34-29-40(30-35-45)44-33-38-56-53(39-44)50-20-9-11-26-55(50)62-56)46-36-31-43(32-37-46)49-24-14-28-58-60(49)52-22-10-12-27-57(52)63-58/h1-39H. The molecule has 0 aliphatic heterocycles. The number of hydrogen-bond acceptors (Lipinski definition) is 3. The second kappa shape index (κ2) is 15.5. The monoisotopic (exact) mass is 821 g/mol. The summed E-state index contributed by atoms with van der Waals surface area (Å²) in [5.41, 5.74) is 16.8. The average molecular weight is 822 g/mol. The van der Waals surface area contributed by atoms with Crippen LogP contribution >= 0.6 is 11.3 Å². The summed E-state index contributed by atoms with van der Waals surface area (Å²) in [7, 11) is 0. The molecule has 3 heteroatoms. The van der Waals surface area contributed by atoms with Crippen molar-refractivity contribution in [1.82, 2.24) is 0 Å². The Hall–Kier alpha value is -7.98. The molecule has 0 saturated heterocycles. The minimum Gasteiger partial charge on any atom is -0.456 e. The Morgan fingerprint density at radius 3 is 1.60 bits per heavy atom. The van der Waals surface area contributed by atoms with E-state index in [0.717, 1.165) is 50.1 Å². The average Bonchev–Trinajstić information content (AvgIpc) is 3.93. The fourth-order valence-corrected chi connectivity index (χ4v) is 10.5. The van der Waals surface area contributed by atoms with E-state index >= 15 is 0 Å². The summed E-state index contributed by atoms with van der Waals surface area (Å²) in [4.78, 5) is 2.43. The van der Waals surface area contributed by atoms with Gasteiger partial charge in [0.25, 0.3) is 0 Å². The number of fused-ring (bicyclic) bond motifs is 6. The van der Waals surface area contributed by atoms with Crippen molar-refractivity contribution < 1.29 is 4.42 Å². The highest BCUT2D eigenvalue weighted by molar-refractivity contribution is 7.25. The van der Waals surface area contributed by atoms with Gasteiger partial charge in [0, 0.05) is 47.9 Å². The molecule has 0 radical (unpaired) electrons. The van der Waals surface area contributed by atoms with Gasteiger partial charge in [-0.05, 0) is 111 Å². The Labute approximate surface area is 370 Å². The van der Waals surface area contributed by atoms with Crippen LogP contribution in [0.15, 0.2) is 241 Å². The van der Waals surface area contributed by atoms with Crippen LogP contribution in [-0.2, 0) is 0 Å². The molecule has 10 aromatic carbocycles. The van der Waals surface area contributed by atoms with Gasteiger partial charge in [0.2, 0.25) is 0 Å². The second-order valence-electron chi connectivity index (χ2n) is 16.0. The summed E-state index contributed by atoms with van der Waals surface area (Å²) in [6.07, 6.45) is 0. The summed E-state index contributed by atoms with van der Waals surface area (Å²) >= 11 is 1.86. The van der Waals surface area contributed by atoms with E-state index in [4.69, 9.17) is 4.42 Å². The maximum atomic E-state index is 6.18. The molecule has 2 heterocycles. The Morgan fingerprint density at radius 2 is 0.841 bits per heavy atom. The molecule has 0 saturated carbocycles. The van der Waals surface area contributed by atoms with Crippen molar-refractivity contribution in [3.8, 4) is 55.6 Å². The SMILES string of the molecule is c1ccc(-c2ccccc2-c2c(-c3ccccc3)cccc2N(c2ccc(-c3ccc4oc5ccccc5c4c3)cc2)c2ccc(-c3cccc4sc5ccccc5c34)cc2)cc1. The zero-order valence-corrected chi connectivity index (χ0v) is 35.1. The van der Waals surface area contributed by atoms with Gasteiger partial charge in [0.1, 0.15) is 11.2 Å². The Balaban J connectivity index is 1.05.